The highest BCUT2D eigenvalue weighted by molar-refractivity contribution is 7.87. The molecule has 5 aliphatic heterocycles. The van der Waals surface area contributed by atoms with E-state index >= 15 is 0 Å². The fourth-order valence-corrected chi connectivity index (χ4v) is 3.76. The number of amides is 4. The van der Waals surface area contributed by atoms with E-state index in [0.717, 1.165) is 6.54 Å². The number of aryl methyl sites for hydroxylation is 1. The Morgan fingerprint density at radius 3 is 1.58 bits per heavy atom. The Morgan fingerprint density at radius 1 is 0.812 bits per heavy atom. The van der Waals surface area contributed by atoms with Gasteiger partial charge in [-0.3, -0.25) is 19.2 Å². The average molecular weight is 693 g/mol. The molecule has 17 heteroatoms. The molecule has 5 heterocycles. The van der Waals surface area contributed by atoms with Crippen molar-refractivity contribution in [2.45, 2.75) is 78.9 Å². The number of carbonyl (C=O) groups is 6. The number of rotatable bonds is 7. The lowest BCUT2D eigenvalue weighted by Gasteiger charge is -2.14. The maximum atomic E-state index is 11.3. The number of hydrogen-bond acceptors (Lipinski definition) is 14. The topological polar surface area (TPSA) is 213 Å². The van der Waals surface area contributed by atoms with Crippen LogP contribution in [-0.2, 0) is 48.6 Å². The average Bonchev–Trinajstić information content (AvgIpc) is 3.92. The molecule has 2 saturated heterocycles. The summed E-state index contributed by atoms with van der Waals surface area (Å²) in [4.78, 5) is 78.6. The highest BCUT2D eigenvalue weighted by atomic mass is 32.2. The van der Waals surface area contributed by atoms with Crippen molar-refractivity contribution in [1.29, 1.82) is 0 Å². The Morgan fingerprint density at radius 2 is 1.27 bits per heavy atom. The molecule has 16 nitrogen and oxygen atoms in total. The molecule has 1 unspecified atom stereocenters. The molecule has 0 aromatic heterocycles. The SMILES string of the molecule is C1=CN1.CC.CCC(=O)ON1C(=O)CC(S(=O)(=O)[O-])C1=O.CCC(=O)ON1C(=O)CCC1=O.CCN1C=C1.Cc1ccc(N2C=C2)cc1. The fourth-order valence-electron chi connectivity index (χ4n) is 3.07. The largest absolute Gasteiger partial charge is 0.747 e. The summed E-state index contributed by atoms with van der Waals surface area (Å²) in [6, 6.07) is 8.48. The molecule has 0 radical (unpaired) electrons. The van der Waals surface area contributed by atoms with Gasteiger partial charge >= 0.3 is 11.9 Å². The van der Waals surface area contributed by atoms with Gasteiger partial charge in [-0.1, -0.05) is 45.4 Å². The van der Waals surface area contributed by atoms with Crippen LogP contribution >= 0.6 is 0 Å². The zero-order valence-electron chi connectivity index (χ0n) is 27.8. The van der Waals surface area contributed by atoms with Gasteiger partial charge in [0.15, 0.2) is 0 Å². The number of benzene rings is 1. The van der Waals surface area contributed by atoms with E-state index in [2.05, 4.69) is 75.3 Å². The lowest BCUT2D eigenvalue weighted by molar-refractivity contribution is -0.197. The van der Waals surface area contributed by atoms with Crippen LogP contribution in [-0.4, -0.2) is 75.4 Å². The number of nitrogens with zero attached hydrogens (tertiary/aromatic N) is 4. The Labute approximate surface area is 280 Å². The molecule has 6 rings (SSSR count). The predicted octanol–water partition coefficient (Wildman–Crippen LogP) is 2.70. The number of imide groups is 2. The predicted molar refractivity (Wildman–Crippen MR) is 172 cm³/mol. The van der Waals surface area contributed by atoms with Crippen molar-refractivity contribution in [1.82, 2.24) is 20.3 Å². The second kappa shape index (κ2) is 20.3. The normalized spacial score (nSPS) is 17.1. The van der Waals surface area contributed by atoms with Crippen molar-refractivity contribution >= 4 is 51.4 Å². The van der Waals surface area contributed by atoms with Crippen LogP contribution in [0.3, 0.4) is 0 Å². The van der Waals surface area contributed by atoms with Crippen LogP contribution < -0.4 is 10.2 Å². The van der Waals surface area contributed by atoms with Gasteiger partial charge in [0.2, 0.25) is 0 Å². The van der Waals surface area contributed by atoms with Crippen LogP contribution in [0.2, 0.25) is 0 Å². The fraction of sp³-hybridized carbons (Fsp3) is 0.419. The Hall–Kier alpha value is -5.03. The third-order valence-corrected chi connectivity index (χ3v) is 6.97. The molecule has 0 aliphatic carbocycles. The van der Waals surface area contributed by atoms with Crippen LogP contribution in [0.4, 0.5) is 5.69 Å². The van der Waals surface area contributed by atoms with Crippen LogP contribution in [0.15, 0.2) is 61.5 Å². The smallest absolute Gasteiger partial charge is 0.332 e. The van der Waals surface area contributed by atoms with Gasteiger partial charge in [0.25, 0.3) is 23.6 Å². The Bertz CT molecular complexity index is 1460. The maximum Gasteiger partial charge on any atom is 0.332 e. The van der Waals surface area contributed by atoms with Crippen molar-refractivity contribution in [3.8, 4) is 0 Å². The summed E-state index contributed by atoms with van der Waals surface area (Å²) in [5.74, 6) is -4.66. The van der Waals surface area contributed by atoms with E-state index < -0.39 is 57.4 Å². The highest BCUT2D eigenvalue weighted by Gasteiger charge is 2.45. The van der Waals surface area contributed by atoms with Crippen LogP contribution in [0.25, 0.3) is 0 Å². The number of hydroxylamine groups is 4. The molecule has 1 aromatic carbocycles. The van der Waals surface area contributed by atoms with Gasteiger partial charge in [-0.25, -0.2) is 18.0 Å². The molecule has 264 valence electrons. The second-order valence-corrected chi connectivity index (χ2v) is 11.2. The number of carbonyl (C=O) groups excluding carboxylic acids is 6. The first-order valence-corrected chi connectivity index (χ1v) is 16.7. The van der Waals surface area contributed by atoms with Gasteiger partial charge in [-0.15, -0.1) is 10.1 Å². The standard InChI is InChI=1S/C9H9N.C7H9NO7S.C7H9NO4.C4H7N.C2H3N.C2H6/c1-8-2-4-9(5-3-8)10-6-7-10;1-2-6(10)15-8-5(9)3-4(7(8)11)16(12,13)14;1-2-7(11)12-8-5(9)3-4-6(8)10;1-2-5-3-4-5;1-2-3-1;1-2/h2-7H,1H3;4H,2-3H2,1H3,(H,12,13,14);2-4H2,1H3;3-4H,2H2,1H3;1-3H;1-2H3/p-1. The summed E-state index contributed by atoms with van der Waals surface area (Å²) in [7, 11) is -4.91. The van der Waals surface area contributed by atoms with Gasteiger partial charge in [0.1, 0.15) is 15.4 Å². The van der Waals surface area contributed by atoms with E-state index in [9.17, 15) is 41.7 Å². The van der Waals surface area contributed by atoms with E-state index in [1.165, 1.54) is 18.2 Å². The molecule has 4 amide bonds. The molecule has 0 saturated carbocycles. The maximum absolute atomic E-state index is 11.3. The third-order valence-electron chi connectivity index (χ3n) is 5.90. The van der Waals surface area contributed by atoms with Gasteiger partial charge in [0, 0.05) is 75.1 Å². The highest BCUT2D eigenvalue weighted by Crippen LogP contribution is 2.22. The lowest BCUT2D eigenvalue weighted by Crippen LogP contribution is -2.36. The van der Waals surface area contributed by atoms with Crippen LogP contribution in [0.1, 0.15) is 72.3 Å². The lowest BCUT2D eigenvalue weighted by atomic mass is 10.2. The Kier molecular flexibility index (Phi) is 17.3. The quantitative estimate of drug-likeness (QED) is 0.322. The monoisotopic (exact) mass is 692 g/mol. The molecule has 48 heavy (non-hydrogen) atoms. The van der Waals surface area contributed by atoms with E-state index in [0.29, 0.717) is 5.06 Å². The van der Waals surface area contributed by atoms with E-state index in [1.807, 2.05) is 38.6 Å². The molecule has 0 spiro atoms. The zero-order valence-corrected chi connectivity index (χ0v) is 28.6. The first-order chi connectivity index (χ1) is 22.7. The van der Waals surface area contributed by atoms with Gasteiger partial charge in [-0.05, 0) is 26.0 Å². The Balaban J connectivity index is 0.000000319. The summed E-state index contributed by atoms with van der Waals surface area (Å²) in [5.41, 5.74) is 2.57. The number of anilines is 1. The van der Waals surface area contributed by atoms with Crippen molar-refractivity contribution in [2.75, 3.05) is 11.4 Å². The summed E-state index contributed by atoms with van der Waals surface area (Å²) >= 11 is 0. The van der Waals surface area contributed by atoms with E-state index in [4.69, 9.17) is 0 Å². The minimum atomic E-state index is -4.91. The van der Waals surface area contributed by atoms with Crippen LogP contribution in [0, 0.1) is 6.92 Å². The summed E-state index contributed by atoms with van der Waals surface area (Å²) in [6.45, 7) is 12.4. The van der Waals surface area contributed by atoms with Gasteiger partial charge in [0.05, 0.1) is 6.42 Å². The molecule has 2 fully saturated rings. The van der Waals surface area contributed by atoms with Crippen molar-refractivity contribution in [3.05, 3.63) is 67.0 Å². The van der Waals surface area contributed by atoms with E-state index in [-0.39, 0.29) is 30.7 Å². The molecule has 5 aliphatic rings. The van der Waals surface area contributed by atoms with Gasteiger partial charge in [-0.2, -0.15) is 0 Å². The molecular weight excluding hydrogens is 650 g/mol. The van der Waals surface area contributed by atoms with Crippen LogP contribution in [0.5, 0.6) is 0 Å². The first kappa shape index (κ1) is 41.0. The summed E-state index contributed by atoms with van der Waals surface area (Å²) in [5, 5.41) is 1.34. The molecule has 1 N–H and O–H groups in total. The van der Waals surface area contributed by atoms with Gasteiger partial charge < -0.3 is 29.3 Å². The number of hydrogen-bond donors (Lipinski definition) is 1. The van der Waals surface area contributed by atoms with Crippen molar-refractivity contribution in [2.24, 2.45) is 0 Å². The third kappa shape index (κ3) is 15.5. The summed E-state index contributed by atoms with van der Waals surface area (Å²) < 4.78 is 31.8. The number of nitrogens with one attached hydrogen (secondary N) is 1. The first-order valence-electron chi connectivity index (χ1n) is 15.2. The zero-order chi connectivity index (χ0) is 36.4. The second-order valence-electron chi connectivity index (χ2n) is 9.60. The van der Waals surface area contributed by atoms with E-state index in [1.54, 1.807) is 6.92 Å². The molecule has 1 aromatic rings. The minimum absolute atomic E-state index is 0.0337. The summed E-state index contributed by atoms with van der Waals surface area (Å²) in [6.07, 6.45) is 11.5. The van der Waals surface area contributed by atoms with Crippen molar-refractivity contribution < 1.29 is 51.4 Å². The molecule has 0 bridgehead atoms. The molecule has 1 atom stereocenters. The minimum Gasteiger partial charge on any atom is -0.747 e. The van der Waals surface area contributed by atoms with Crippen molar-refractivity contribution in [3.63, 3.8) is 0 Å². The molecular formula is C31H42N5O11S-.